The molecule has 3 N–H and O–H groups in total. The van der Waals surface area contributed by atoms with Gasteiger partial charge >= 0.3 is 0 Å². The van der Waals surface area contributed by atoms with Crippen molar-refractivity contribution in [3.63, 3.8) is 0 Å². The molecule has 0 amide bonds. The molecule has 0 fully saturated rings. The van der Waals surface area contributed by atoms with Crippen LogP contribution in [0.2, 0.25) is 0 Å². The van der Waals surface area contributed by atoms with Crippen molar-refractivity contribution in [3.8, 4) is 0 Å². The molecular formula is C14H24N2. The summed E-state index contributed by atoms with van der Waals surface area (Å²) >= 11 is 0. The molecule has 1 aromatic rings. The first-order valence-corrected chi connectivity index (χ1v) is 6.23. The Morgan fingerprint density at radius 2 is 1.81 bits per heavy atom. The van der Waals surface area contributed by atoms with Gasteiger partial charge in [0.15, 0.2) is 0 Å². The van der Waals surface area contributed by atoms with Crippen molar-refractivity contribution in [2.75, 3.05) is 11.9 Å². The summed E-state index contributed by atoms with van der Waals surface area (Å²) < 4.78 is 0. The highest BCUT2D eigenvalue weighted by Crippen LogP contribution is 2.11. The number of hydrogen-bond donors (Lipinski definition) is 2. The van der Waals surface area contributed by atoms with Crippen LogP contribution in [0.15, 0.2) is 30.3 Å². The van der Waals surface area contributed by atoms with Gasteiger partial charge in [0.2, 0.25) is 0 Å². The molecule has 0 spiro atoms. The Morgan fingerprint density at radius 3 is 2.44 bits per heavy atom. The van der Waals surface area contributed by atoms with Gasteiger partial charge in [-0.3, -0.25) is 0 Å². The SMILES string of the molecule is CC(N)CCCC(C)CNc1ccccc1. The van der Waals surface area contributed by atoms with Crippen LogP contribution in [0.25, 0.3) is 0 Å². The average molecular weight is 220 g/mol. The highest BCUT2D eigenvalue weighted by atomic mass is 14.9. The van der Waals surface area contributed by atoms with Gasteiger partial charge in [0, 0.05) is 18.3 Å². The maximum absolute atomic E-state index is 5.73. The fourth-order valence-corrected chi connectivity index (χ4v) is 1.74. The lowest BCUT2D eigenvalue weighted by atomic mass is 10.0. The van der Waals surface area contributed by atoms with E-state index in [2.05, 4.69) is 43.4 Å². The second-order valence-corrected chi connectivity index (χ2v) is 4.76. The summed E-state index contributed by atoms with van der Waals surface area (Å²) in [5.74, 6) is 0.707. The van der Waals surface area contributed by atoms with Crippen LogP contribution in [0.1, 0.15) is 33.1 Å². The largest absolute Gasteiger partial charge is 0.385 e. The van der Waals surface area contributed by atoms with Crippen LogP contribution in [-0.2, 0) is 0 Å². The van der Waals surface area contributed by atoms with Gasteiger partial charge in [-0.2, -0.15) is 0 Å². The summed E-state index contributed by atoms with van der Waals surface area (Å²) in [5, 5.41) is 3.45. The zero-order valence-corrected chi connectivity index (χ0v) is 10.4. The minimum absolute atomic E-state index is 0.342. The lowest BCUT2D eigenvalue weighted by molar-refractivity contribution is 0.496. The Bertz CT molecular complexity index is 269. The topological polar surface area (TPSA) is 38.0 Å². The van der Waals surface area contributed by atoms with Crippen molar-refractivity contribution in [2.24, 2.45) is 11.7 Å². The summed E-state index contributed by atoms with van der Waals surface area (Å²) in [4.78, 5) is 0. The van der Waals surface area contributed by atoms with E-state index in [1.54, 1.807) is 0 Å². The van der Waals surface area contributed by atoms with E-state index < -0.39 is 0 Å². The summed E-state index contributed by atoms with van der Waals surface area (Å²) in [6.07, 6.45) is 3.62. The first-order valence-electron chi connectivity index (χ1n) is 6.23. The van der Waals surface area contributed by atoms with E-state index in [-0.39, 0.29) is 0 Å². The minimum atomic E-state index is 0.342. The highest BCUT2D eigenvalue weighted by Gasteiger charge is 2.02. The third kappa shape index (κ3) is 5.76. The molecule has 1 aromatic carbocycles. The number of anilines is 1. The molecule has 0 heterocycles. The van der Waals surface area contributed by atoms with Crippen LogP contribution >= 0.6 is 0 Å². The number of nitrogens with one attached hydrogen (secondary N) is 1. The van der Waals surface area contributed by atoms with E-state index in [4.69, 9.17) is 5.73 Å². The predicted octanol–water partition coefficient (Wildman–Crippen LogP) is 3.25. The summed E-state index contributed by atoms with van der Waals surface area (Å²) in [7, 11) is 0. The summed E-state index contributed by atoms with van der Waals surface area (Å²) in [6.45, 7) is 5.41. The standard InChI is InChI=1S/C14H24N2/c1-12(7-6-8-13(2)15)11-16-14-9-4-3-5-10-14/h3-5,9-10,12-13,16H,6-8,11,15H2,1-2H3. The Morgan fingerprint density at radius 1 is 1.12 bits per heavy atom. The van der Waals surface area contributed by atoms with Gasteiger partial charge in [-0.05, 0) is 37.8 Å². The second-order valence-electron chi connectivity index (χ2n) is 4.76. The average Bonchev–Trinajstić information content (AvgIpc) is 2.27. The number of para-hydroxylation sites is 1. The van der Waals surface area contributed by atoms with Gasteiger partial charge in [-0.25, -0.2) is 0 Å². The second kappa shape index (κ2) is 7.29. The monoisotopic (exact) mass is 220 g/mol. The van der Waals surface area contributed by atoms with Crippen LogP contribution < -0.4 is 11.1 Å². The molecule has 0 aromatic heterocycles. The molecule has 2 heteroatoms. The van der Waals surface area contributed by atoms with E-state index in [9.17, 15) is 0 Å². The number of benzene rings is 1. The fraction of sp³-hybridized carbons (Fsp3) is 0.571. The Kier molecular flexibility index (Phi) is 5.94. The lowest BCUT2D eigenvalue weighted by Crippen LogP contribution is -2.16. The molecule has 1 rings (SSSR count). The molecule has 90 valence electrons. The molecule has 2 nitrogen and oxygen atoms in total. The molecule has 0 saturated carbocycles. The van der Waals surface area contributed by atoms with Gasteiger partial charge in [-0.15, -0.1) is 0 Å². The first kappa shape index (κ1) is 13.0. The fourth-order valence-electron chi connectivity index (χ4n) is 1.74. The van der Waals surface area contributed by atoms with Gasteiger partial charge in [0.1, 0.15) is 0 Å². The van der Waals surface area contributed by atoms with Crippen LogP contribution in [0, 0.1) is 5.92 Å². The third-order valence-electron chi connectivity index (χ3n) is 2.78. The number of rotatable bonds is 7. The predicted molar refractivity (Wildman–Crippen MR) is 71.6 cm³/mol. The quantitative estimate of drug-likeness (QED) is 0.740. The molecule has 0 bridgehead atoms. The molecule has 0 radical (unpaired) electrons. The number of hydrogen-bond acceptors (Lipinski definition) is 2. The first-order chi connectivity index (χ1) is 7.68. The Hall–Kier alpha value is -1.02. The van der Waals surface area contributed by atoms with Crippen molar-refractivity contribution in [3.05, 3.63) is 30.3 Å². The third-order valence-corrected chi connectivity index (χ3v) is 2.78. The molecule has 0 aliphatic heterocycles. The molecule has 2 atom stereocenters. The van der Waals surface area contributed by atoms with Crippen molar-refractivity contribution in [1.82, 2.24) is 0 Å². The van der Waals surface area contributed by atoms with Crippen molar-refractivity contribution in [2.45, 2.75) is 39.2 Å². The maximum atomic E-state index is 5.73. The maximum Gasteiger partial charge on any atom is 0.0340 e. The van der Waals surface area contributed by atoms with E-state index in [1.807, 2.05) is 6.07 Å². The van der Waals surface area contributed by atoms with Crippen LogP contribution in [0.4, 0.5) is 5.69 Å². The Labute approximate surface area is 99.2 Å². The minimum Gasteiger partial charge on any atom is -0.385 e. The van der Waals surface area contributed by atoms with Gasteiger partial charge in [-0.1, -0.05) is 31.5 Å². The van der Waals surface area contributed by atoms with Gasteiger partial charge in [0.05, 0.1) is 0 Å². The van der Waals surface area contributed by atoms with Crippen molar-refractivity contribution >= 4 is 5.69 Å². The molecule has 0 aliphatic rings. The van der Waals surface area contributed by atoms with E-state index in [1.165, 1.54) is 18.5 Å². The molecular weight excluding hydrogens is 196 g/mol. The smallest absolute Gasteiger partial charge is 0.0340 e. The lowest BCUT2D eigenvalue weighted by Gasteiger charge is -2.14. The van der Waals surface area contributed by atoms with Crippen LogP contribution in [0.3, 0.4) is 0 Å². The van der Waals surface area contributed by atoms with Crippen LogP contribution in [0.5, 0.6) is 0 Å². The van der Waals surface area contributed by atoms with Gasteiger partial charge < -0.3 is 11.1 Å². The zero-order chi connectivity index (χ0) is 11.8. The molecule has 16 heavy (non-hydrogen) atoms. The van der Waals surface area contributed by atoms with E-state index >= 15 is 0 Å². The molecule has 0 aliphatic carbocycles. The number of nitrogens with two attached hydrogens (primary N) is 1. The van der Waals surface area contributed by atoms with Gasteiger partial charge in [0.25, 0.3) is 0 Å². The summed E-state index contributed by atoms with van der Waals surface area (Å²) in [6, 6.07) is 10.7. The molecule has 0 saturated heterocycles. The van der Waals surface area contributed by atoms with E-state index in [0.717, 1.165) is 13.0 Å². The normalized spacial score (nSPS) is 14.4. The summed E-state index contributed by atoms with van der Waals surface area (Å²) in [5.41, 5.74) is 6.94. The van der Waals surface area contributed by atoms with Crippen molar-refractivity contribution < 1.29 is 0 Å². The Balaban J connectivity index is 2.13. The molecule has 2 unspecified atom stereocenters. The highest BCUT2D eigenvalue weighted by molar-refractivity contribution is 5.42. The zero-order valence-electron chi connectivity index (χ0n) is 10.4. The van der Waals surface area contributed by atoms with Crippen LogP contribution in [-0.4, -0.2) is 12.6 Å². The van der Waals surface area contributed by atoms with Crippen molar-refractivity contribution in [1.29, 1.82) is 0 Å². The van der Waals surface area contributed by atoms with E-state index in [0.29, 0.717) is 12.0 Å².